The molecule has 0 aliphatic carbocycles. The maximum atomic E-state index is 2.55. The molecule has 0 unspecified atom stereocenters. The van der Waals surface area contributed by atoms with Crippen LogP contribution in [0.3, 0.4) is 0 Å². The van der Waals surface area contributed by atoms with E-state index in [1.165, 1.54) is 24.1 Å². The molecule has 0 fully saturated rings. The fraction of sp³-hybridized carbons (Fsp3) is 0.538. The molecule has 1 aromatic carbocycles. The second-order valence-electron chi connectivity index (χ2n) is 4.66. The van der Waals surface area contributed by atoms with Crippen molar-refractivity contribution in [2.75, 3.05) is 6.54 Å². The minimum absolute atomic E-state index is 0.818. The van der Waals surface area contributed by atoms with Crippen molar-refractivity contribution in [3.8, 4) is 0 Å². The number of hydrogen-bond donors (Lipinski definition) is 0. The highest BCUT2D eigenvalue weighted by atomic mass is 15.1. The van der Waals surface area contributed by atoms with Crippen LogP contribution >= 0.6 is 0 Å². The van der Waals surface area contributed by atoms with Gasteiger partial charge in [0, 0.05) is 13.1 Å². The molecular formula is C13H19N. The standard InChI is InChI=1S/C13H19N/c1-11(2)7-8-14-9-12-5-3-4-6-13(12)10-14/h3-6,11H,7-10H2,1-2H3. The minimum atomic E-state index is 0.818. The molecule has 0 N–H and O–H groups in total. The second-order valence-corrected chi connectivity index (χ2v) is 4.66. The van der Waals surface area contributed by atoms with Gasteiger partial charge >= 0.3 is 0 Å². The van der Waals surface area contributed by atoms with E-state index in [0.717, 1.165) is 19.0 Å². The van der Waals surface area contributed by atoms with Crippen LogP contribution in [0.4, 0.5) is 0 Å². The van der Waals surface area contributed by atoms with Crippen LogP contribution in [0.5, 0.6) is 0 Å². The van der Waals surface area contributed by atoms with E-state index in [1.54, 1.807) is 0 Å². The SMILES string of the molecule is CC(C)CCN1Cc2ccccc2C1. The molecule has 2 rings (SSSR count). The smallest absolute Gasteiger partial charge is 0.0240 e. The van der Waals surface area contributed by atoms with Gasteiger partial charge in [0.1, 0.15) is 0 Å². The molecule has 1 heterocycles. The first-order chi connectivity index (χ1) is 6.75. The number of nitrogens with zero attached hydrogens (tertiary/aromatic N) is 1. The molecule has 1 aliphatic heterocycles. The molecule has 0 amide bonds. The summed E-state index contributed by atoms with van der Waals surface area (Å²) in [6.45, 7) is 8.14. The monoisotopic (exact) mass is 189 g/mol. The van der Waals surface area contributed by atoms with Crippen LogP contribution in [-0.2, 0) is 13.1 Å². The zero-order chi connectivity index (χ0) is 9.97. The summed E-state index contributed by atoms with van der Waals surface area (Å²) in [5.74, 6) is 0.818. The largest absolute Gasteiger partial charge is 0.295 e. The average Bonchev–Trinajstić information content (AvgIpc) is 2.57. The lowest BCUT2D eigenvalue weighted by Gasteiger charge is -2.15. The first-order valence-electron chi connectivity index (χ1n) is 5.55. The molecular weight excluding hydrogens is 170 g/mol. The Bertz CT molecular complexity index is 279. The predicted octanol–water partition coefficient (Wildman–Crippen LogP) is 3.05. The van der Waals surface area contributed by atoms with Crippen LogP contribution in [0.25, 0.3) is 0 Å². The zero-order valence-corrected chi connectivity index (χ0v) is 9.16. The highest BCUT2D eigenvalue weighted by molar-refractivity contribution is 5.30. The van der Waals surface area contributed by atoms with Gasteiger partial charge in [-0.1, -0.05) is 38.1 Å². The first-order valence-corrected chi connectivity index (χ1v) is 5.55. The highest BCUT2D eigenvalue weighted by Gasteiger charge is 2.17. The third kappa shape index (κ3) is 2.16. The molecule has 14 heavy (non-hydrogen) atoms. The van der Waals surface area contributed by atoms with E-state index in [2.05, 4.69) is 43.0 Å². The number of fused-ring (bicyclic) bond motifs is 1. The average molecular weight is 189 g/mol. The molecule has 0 bridgehead atoms. The van der Waals surface area contributed by atoms with Crippen LogP contribution in [0.1, 0.15) is 31.4 Å². The molecule has 1 aromatic rings. The zero-order valence-electron chi connectivity index (χ0n) is 9.16. The normalized spacial score (nSPS) is 16.2. The summed E-state index contributed by atoms with van der Waals surface area (Å²) in [4.78, 5) is 2.55. The third-order valence-corrected chi connectivity index (χ3v) is 2.93. The van der Waals surface area contributed by atoms with E-state index >= 15 is 0 Å². The van der Waals surface area contributed by atoms with Gasteiger partial charge in [-0.05, 0) is 30.0 Å². The summed E-state index contributed by atoms with van der Waals surface area (Å²) in [5, 5.41) is 0. The maximum absolute atomic E-state index is 2.55. The molecule has 1 nitrogen and oxygen atoms in total. The maximum Gasteiger partial charge on any atom is 0.0240 e. The lowest BCUT2D eigenvalue weighted by Crippen LogP contribution is -2.18. The molecule has 0 saturated carbocycles. The van der Waals surface area contributed by atoms with Crippen LogP contribution < -0.4 is 0 Å². The molecule has 0 radical (unpaired) electrons. The van der Waals surface area contributed by atoms with E-state index in [4.69, 9.17) is 0 Å². The Hall–Kier alpha value is -0.820. The van der Waals surface area contributed by atoms with E-state index < -0.39 is 0 Å². The van der Waals surface area contributed by atoms with Crippen LogP contribution in [0.15, 0.2) is 24.3 Å². The van der Waals surface area contributed by atoms with Gasteiger partial charge in [0.2, 0.25) is 0 Å². The van der Waals surface area contributed by atoms with Crippen molar-refractivity contribution in [3.63, 3.8) is 0 Å². The molecule has 0 atom stereocenters. The van der Waals surface area contributed by atoms with Crippen molar-refractivity contribution >= 4 is 0 Å². The molecule has 1 aliphatic rings. The molecule has 76 valence electrons. The fourth-order valence-corrected chi connectivity index (χ4v) is 2.00. The second kappa shape index (κ2) is 4.14. The van der Waals surface area contributed by atoms with Gasteiger partial charge in [0.05, 0.1) is 0 Å². The summed E-state index contributed by atoms with van der Waals surface area (Å²) < 4.78 is 0. The van der Waals surface area contributed by atoms with Crippen LogP contribution in [0.2, 0.25) is 0 Å². The minimum Gasteiger partial charge on any atom is -0.295 e. The van der Waals surface area contributed by atoms with Crippen LogP contribution in [0, 0.1) is 5.92 Å². The summed E-state index contributed by atoms with van der Waals surface area (Å²) >= 11 is 0. The quantitative estimate of drug-likeness (QED) is 0.706. The first kappa shape index (κ1) is 9.72. The molecule has 0 aromatic heterocycles. The number of rotatable bonds is 3. The van der Waals surface area contributed by atoms with Crippen molar-refractivity contribution in [2.45, 2.75) is 33.4 Å². The van der Waals surface area contributed by atoms with Gasteiger partial charge in [-0.2, -0.15) is 0 Å². The lowest BCUT2D eigenvalue weighted by molar-refractivity contribution is 0.266. The Morgan fingerprint density at radius 2 is 1.71 bits per heavy atom. The summed E-state index contributed by atoms with van der Waals surface area (Å²) in [5.41, 5.74) is 3.05. The Labute approximate surface area is 86.7 Å². The van der Waals surface area contributed by atoms with E-state index in [1.807, 2.05) is 0 Å². The van der Waals surface area contributed by atoms with E-state index in [-0.39, 0.29) is 0 Å². The fourth-order valence-electron chi connectivity index (χ4n) is 2.00. The summed E-state index contributed by atoms with van der Waals surface area (Å²) in [7, 11) is 0. The van der Waals surface area contributed by atoms with Gasteiger partial charge in [0.15, 0.2) is 0 Å². The van der Waals surface area contributed by atoms with Gasteiger partial charge in [-0.15, -0.1) is 0 Å². The van der Waals surface area contributed by atoms with Gasteiger partial charge in [-0.3, -0.25) is 4.90 Å². The van der Waals surface area contributed by atoms with Crippen LogP contribution in [-0.4, -0.2) is 11.4 Å². The molecule has 0 spiro atoms. The van der Waals surface area contributed by atoms with Crippen molar-refractivity contribution in [2.24, 2.45) is 5.92 Å². The van der Waals surface area contributed by atoms with Crippen molar-refractivity contribution in [1.82, 2.24) is 4.90 Å². The Balaban J connectivity index is 1.92. The van der Waals surface area contributed by atoms with Crippen molar-refractivity contribution in [1.29, 1.82) is 0 Å². The van der Waals surface area contributed by atoms with Crippen molar-refractivity contribution < 1.29 is 0 Å². The summed E-state index contributed by atoms with van der Waals surface area (Å²) in [6, 6.07) is 8.80. The topological polar surface area (TPSA) is 3.24 Å². The van der Waals surface area contributed by atoms with Gasteiger partial charge in [-0.25, -0.2) is 0 Å². The highest BCUT2D eigenvalue weighted by Crippen LogP contribution is 2.22. The third-order valence-electron chi connectivity index (χ3n) is 2.93. The Kier molecular flexibility index (Phi) is 2.87. The molecule has 1 heteroatoms. The number of benzene rings is 1. The predicted molar refractivity (Wildman–Crippen MR) is 60.0 cm³/mol. The van der Waals surface area contributed by atoms with E-state index in [9.17, 15) is 0 Å². The summed E-state index contributed by atoms with van der Waals surface area (Å²) in [6.07, 6.45) is 1.31. The Morgan fingerprint density at radius 3 is 2.21 bits per heavy atom. The number of hydrogen-bond acceptors (Lipinski definition) is 1. The van der Waals surface area contributed by atoms with Gasteiger partial charge in [0.25, 0.3) is 0 Å². The van der Waals surface area contributed by atoms with Gasteiger partial charge < -0.3 is 0 Å². The molecule has 0 saturated heterocycles. The van der Waals surface area contributed by atoms with Crippen molar-refractivity contribution in [3.05, 3.63) is 35.4 Å². The van der Waals surface area contributed by atoms with E-state index in [0.29, 0.717) is 0 Å². The lowest BCUT2D eigenvalue weighted by atomic mass is 10.1. The Morgan fingerprint density at radius 1 is 1.14 bits per heavy atom.